The number of ether oxygens (including phenoxy) is 2. The van der Waals surface area contributed by atoms with E-state index in [1.807, 2.05) is 38.1 Å². The summed E-state index contributed by atoms with van der Waals surface area (Å²) in [5.74, 6) is 0.766. The molecule has 1 aromatic rings. The van der Waals surface area contributed by atoms with Gasteiger partial charge in [0, 0.05) is 13.1 Å². The molecule has 2 N–H and O–H groups in total. The van der Waals surface area contributed by atoms with Gasteiger partial charge in [-0.3, -0.25) is 4.79 Å². The van der Waals surface area contributed by atoms with Gasteiger partial charge in [-0.25, -0.2) is 0 Å². The Hall–Kier alpha value is -1.30. The number of carbonyl (C=O) groups excluding carboxylic acids is 1. The van der Waals surface area contributed by atoms with Crippen molar-refractivity contribution in [3.8, 4) is 5.75 Å². The third-order valence-corrected chi connectivity index (χ3v) is 3.21. The van der Waals surface area contributed by atoms with Gasteiger partial charge in [0.1, 0.15) is 18.0 Å². The molecule has 1 heterocycles. The van der Waals surface area contributed by atoms with E-state index in [0.717, 1.165) is 17.9 Å². The average molecular weight is 315 g/mol. The number of hydrogen-bond acceptors (Lipinski definition) is 4. The summed E-state index contributed by atoms with van der Waals surface area (Å²) in [6.07, 6.45) is -0.481. The molecule has 6 heteroatoms. The first-order chi connectivity index (χ1) is 9.66. The third kappa shape index (κ3) is 5.53. The Bertz CT molecular complexity index is 450. The van der Waals surface area contributed by atoms with Crippen molar-refractivity contribution < 1.29 is 14.3 Å². The van der Waals surface area contributed by atoms with Crippen molar-refractivity contribution in [3.05, 3.63) is 29.8 Å². The minimum absolute atomic E-state index is 0. The normalized spacial score (nSPS) is 19.2. The molecule has 118 valence electrons. The number of nitrogens with one attached hydrogen (secondary N) is 2. The molecule has 21 heavy (non-hydrogen) atoms. The van der Waals surface area contributed by atoms with Crippen LogP contribution in [-0.4, -0.2) is 44.4 Å². The molecule has 1 fully saturated rings. The van der Waals surface area contributed by atoms with Crippen molar-refractivity contribution in [2.24, 2.45) is 0 Å². The molecular weight excluding hydrogens is 292 g/mol. The lowest BCUT2D eigenvalue weighted by molar-refractivity contribution is -0.134. The molecule has 0 aliphatic carbocycles. The van der Waals surface area contributed by atoms with Gasteiger partial charge < -0.3 is 20.1 Å². The van der Waals surface area contributed by atoms with Gasteiger partial charge in [0.2, 0.25) is 0 Å². The summed E-state index contributed by atoms with van der Waals surface area (Å²) in [6.45, 7) is 6.35. The zero-order valence-electron chi connectivity index (χ0n) is 12.4. The second-order valence-corrected chi connectivity index (χ2v) is 5.00. The first kappa shape index (κ1) is 17.8. The highest BCUT2D eigenvalue weighted by Gasteiger charge is 2.21. The van der Waals surface area contributed by atoms with Crippen LogP contribution in [0.3, 0.4) is 0 Å². The summed E-state index contributed by atoms with van der Waals surface area (Å²) in [4.78, 5) is 11.9. The van der Waals surface area contributed by atoms with E-state index >= 15 is 0 Å². The summed E-state index contributed by atoms with van der Waals surface area (Å²) in [5, 5.41) is 6.00. The minimum atomic E-state index is -0.394. The number of hydrogen-bond donors (Lipinski definition) is 2. The quantitative estimate of drug-likeness (QED) is 0.860. The fourth-order valence-corrected chi connectivity index (χ4v) is 2.04. The molecule has 0 bridgehead atoms. The molecule has 2 unspecified atom stereocenters. The first-order valence-corrected chi connectivity index (χ1v) is 6.99. The number of morpholine rings is 1. The number of rotatable bonds is 5. The monoisotopic (exact) mass is 314 g/mol. The topological polar surface area (TPSA) is 59.6 Å². The van der Waals surface area contributed by atoms with Crippen molar-refractivity contribution in [2.45, 2.75) is 26.1 Å². The molecule has 0 aromatic heterocycles. The van der Waals surface area contributed by atoms with Crippen LogP contribution < -0.4 is 15.4 Å². The Morgan fingerprint density at radius 1 is 1.52 bits per heavy atom. The Labute approximate surface area is 131 Å². The van der Waals surface area contributed by atoms with Crippen LogP contribution in [0.25, 0.3) is 0 Å². The van der Waals surface area contributed by atoms with Gasteiger partial charge in [-0.1, -0.05) is 18.2 Å². The highest BCUT2D eigenvalue weighted by Crippen LogP contribution is 2.17. The number of halogens is 1. The molecular formula is C15H23ClN2O3. The predicted octanol–water partition coefficient (Wildman–Crippen LogP) is 1.29. The molecule has 1 aliphatic rings. The summed E-state index contributed by atoms with van der Waals surface area (Å²) in [7, 11) is 0. The van der Waals surface area contributed by atoms with E-state index < -0.39 is 6.10 Å². The van der Waals surface area contributed by atoms with Gasteiger partial charge in [0.15, 0.2) is 0 Å². The fourth-order valence-electron chi connectivity index (χ4n) is 2.04. The summed E-state index contributed by atoms with van der Waals surface area (Å²) in [6, 6.07) is 7.85. The van der Waals surface area contributed by atoms with E-state index in [-0.39, 0.29) is 24.4 Å². The Kier molecular flexibility index (Phi) is 7.50. The van der Waals surface area contributed by atoms with Crippen LogP contribution in [0.4, 0.5) is 0 Å². The van der Waals surface area contributed by atoms with Gasteiger partial charge in [0.25, 0.3) is 5.91 Å². The van der Waals surface area contributed by atoms with Crippen LogP contribution in [0.15, 0.2) is 24.3 Å². The molecule has 5 nitrogen and oxygen atoms in total. The van der Waals surface area contributed by atoms with Gasteiger partial charge in [-0.2, -0.15) is 0 Å². The lowest BCUT2D eigenvalue weighted by Gasteiger charge is -2.24. The zero-order chi connectivity index (χ0) is 14.4. The number of carbonyl (C=O) groups is 1. The molecule has 0 radical (unpaired) electrons. The van der Waals surface area contributed by atoms with Crippen molar-refractivity contribution in [1.29, 1.82) is 0 Å². The Morgan fingerprint density at radius 3 is 2.95 bits per heavy atom. The van der Waals surface area contributed by atoms with E-state index in [4.69, 9.17) is 9.47 Å². The largest absolute Gasteiger partial charge is 0.489 e. The maximum absolute atomic E-state index is 11.9. The average Bonchev–Trinajstić information content (AvgIpc) is 2.48. The van der Waals surface area contributed by atoms with Crippen LogP contribution in [0, 0.1) is 6.92 Å². The lowest BCUT2D eigenvalue weighted by atomic mass is 10.2. The standard InChI is InChI=1S/C15H22N2O3.ClH/c1-11-5-3-4-6-13(11)20-12(2)9-17-15(18)14-10-16-7-8-19-14;/h3-6,12,14,16H,7-10H2,1-2H3,(H,17,18);1H. The molecule has 1 saturated heterocycles. The number of para-hydroxylation sites is 1. The molecule has 1 aromatic carbocycles. The van der Waals surface area contributed by atoms with Crippen molar-refractivity contribution in [2.75, 3.05) is 26.2 Å². The number of benzene rings is 1. The van der Waals surface area contributed by atoms with E-state index in [0.29, 0.717) is 19.7 Å². The fraction of sp³-hybridized carbons (Fsp3) is 0.533. The van der Waals surface area contributed by atoms with E-state index in [1.165, 1.54) is 0 Å². The van der Waals surface area contributed by atoms with E-state index in [9.17, 15) is 4.79 Å². The van der Waals surface area contributed by atoms with Crippen molar-refractivity contribution in [1.82, 2.24) is 10.6 Å². The van der Waals surface area contributed by atoms with Gasteiger partial charge in [0.05, 0.1) is 13.2 Å². The van der Waals surface area contributed by atoms with Crippen LogP contribution in [0.2, 0.25) is 0 Å². The Morgan fingerprint density at radius 2 is 2.29 bits per heavy atom. The van der Waals surface area contributed by atoms with Crippen LogP contribution in [0.1, 0.15) is 12.5 Å². The smallest absolute Gasteiger partial charge is 0.250 e. The van der Waals surface area contributed by atoms with Gasteiger partial charge in [-0.05, 0) is 25.5 Å². The van der Waals surface area contributed by atoms with Crippen molar-refractivity contribution >= 4 is 18.3 Å². The lowest BCUT2D eigenvalue weighted by Crippen LogP contribution is -2.49. The van der Waals surface area contributed by atoms with E-state index in [2.05, 4.69) is 10.6 Å². The van der Waals surface area contributed by atoms with Gasteiger partial charge in [-0.15, -0.1) is 12.4 Å². The maximum atomic E-state index is 11.9. The zero-order valence-corrected chi connectivity index (χ0v) is 13.2. The minimum Gasteiger partial charge on any atom is -0.489 e. The molecule has 1 aliphatic heterocycles. The molecule has 2 atom stereocenters. The maximum Gasteiger partial charge on any atom is 0.250 e. The molecule has 0 saturated carbocycles. The van der Waals surface area contributed by atoms with Crippen molar-refractivity contribution in [3.63, 3.8) is 0 Å². The summed E-state index contributed by atoms with van der Waals surface area (Å²) < 4.78 is 11.2. The van der Waals surface area contributed by atoms with Crippen LogP contribution >= 0.6 is 12.4 Å². The van der Waals surface area contributed by atoms with E-state index in [1.54, 1.807) is 0 Å². The first-order valence-electron chi connectivity index (χ1n) is 6.99. The summed E-state index contributed by atoms with van der Waals surface area (Å²) in [5.41, 5.74) is 1.09. The third-order valence-electron chi connectivity index (χ3n) is 3.21. The highest BCUT2D eigenvalue weighted by molar-refractivity contribution is 5.85. The summed E-state index contributed by atoms with van der Waals surface area (Å²) >= 11 is 0. The number of amides is 1. The predicted molar refractivity (Wildman–Crippen MR) is 84.1 cm³/mol. The number of aryl methyl sites for hydroxylation is 1. The van der Waals surface area contributed by atoms with Crippen LogP contribution in [0.5, 0.6) is 5.75 Å². The second kappa shape index (κ2) is 8.87. The van der Waals surface area contributed by atoms with Gasteiger partial charge >= 0.3 is 0 Å². The second-order valence-electron chi connectivity index (χ2n) is 5.00. The molecule has 1 amide bonds. The SMILES string of the molecule is Cc1ccccc1OC(C)CNC(=O)C1CNCCO1.Cl. The molecule has 2 rings (SSSR count). The van der Waals surface area contributed by atoms with Crippen LogP contribution in [-0.2, 0) is 9.53 Å². The highest BCUT2D eigenvalue weighted by atomic mass is 35.5. The Balaban J connectivity index is 0.00000220. The molecule has 0 spiro atoms.